The fraction of sp³-hybridized carbons (Fsp3) is 1.00. The quantitative estimate of drug-likeness (QED) is 0.793. The number of hydrogen-bond donors (Lipinski definition) is 2. The summed E-state index contributed by atoms with van der Waals surface area (Å²) in [6.07, 6.45) is 9.55. The highest BCUT2D eigenvalue weighted by molar-refractivity contribution is 5.06. The highest BCUT2D eigenvalue weighted by atomic mass is 16.3. The summed E-state index contributed by atoms with van der Waals surface area (Å²) in [6.45, 7) is 3.65. The summed E-state index contributed by atoms with van der Waals surface area (Å²) in [5, 5.41) is 11.2. The second kappa shape index (κ2) is 5.48. The number of nitrogens with two attached hydrogens (primary N) is 1. The molecule has 1 heterocycles. The number of likely N-dealkylation sites (N-methyl/N-ethyl adjacent to an activating group) is 1. The molecule has 0 aromatic rings. The van der Waals surface area contributed by atoms with Crippen molar-refractivity contribution in [2.24, 2.45) is 11.1 Å². The summed E-state index contributed by atoms with van der Waals surface area (Å²) in [6, 6.07) is 0.476. The summed E-state index contributed by atoms with van der Waals surface area (Å²) in [5.74, 6) is 0. The molecular formula is C15H30N2O. The second-order valence-electron chi connectivity index (χ2n) is 6.75. The highest BCUT2D eigenvalue weighted by Gasteiger charge is 2.53. The molecule has 0 amide bonds. The molecule has 1 aliphatic carbocycles. The summed E-state index contributed by atoms with van der Waals surface area (Å²) in [7, 11) is 2.12. The number of β-amino-alcohol motifs (C(OH)–C–C–N with tert-alkyl or cyclic N) is 1. The maximum absolute atomic E-state index is 11.2. The molecule has 3 nitrogen and oxygen atoms in total. The van der Waals surface area contributed by atoms with Crippen LogP contribution in [0.25, 0.3) is 0 Å². The van der Waals surface area contributed by atoms with Gasteiger partial charge in [-0.3, -0.25) is 0 Å². The number of likely N-dealkylation sites (tertiary alicyclic amines) is 1. The SMILES string of the molecule is CC1CC(O)(C2(CN)CCCCCCC2)CN1C. The Morgan fingerprint density at radius 1 is 1.17 bits per heavy atom. The Morgan fingerprint density at radius 3 is 2.17 bits per heavy atom. The van der Waals surface area contributed by atoms with Gasteiger partial charge in [0.1, 0.15) is 0 Å². The van der Waals surface area contributed by atoms with Gasteiger partial charge in [0.05, 0.1) is 5.60 Å². The zero-order chi connectivity index (χ0) is 13.2. The lowest BCUT2D eigenvalue weighted by atomic mass is 9.64. The predicted molar refractivity (Wildman–Crippen MR) is 75.5 cm³/mol. The molecule has 0 aromatic carbocycles. The molecule has 2 rings (SSSR count). The van der Waals surface area contributed by atoms with Crippen LogP contribution in [0.3, 0.4) is 0 Å². The highest BCUT2D eigenvalue weighted by Crippen LogP contribution is 2.47. The van der Waals surface area contributed by atoms with E-state index in [1.54, 1.807) is 0 Å². The summed E-state index contributed by atoms with van der Waals surface area (Å²) >= 11 is 0. The van der Waals surface area contributed by atoms with Gasteiger partial charge in [0.25, 0.3) is 0 Å². The number of nitrogens with zero attached hydrogens (tertiary/aromatic N) is 1. The summed E-state index contributed by atoms with van der Waals surface area (Å²) in [5.41, 5.74) is 5.54. The zero-order valence-corrected chi connectivity index (χ0v) is 12.1. The molecule has 2 atom stereocenters. The van der Waals surface area contributed by atoms with Crippen LogP contribution in [0.15, 0.2) is 0 Å². The van der Waals surface area contributed by atoms with Crippen LogP contribution in [0.5, 0.6) is 0 Å². The molecule has 1 aliphatic heterocycles. The van der Waals surface area contributed by atoms with Crippen LogP contribution in [0.1, 0.15) is 58.3 Å². The minimum Gasteiger partial charge on any atom is -0.388 e. The monoisotopic (exact) mass is 254 g/mol. The first-order valence-electron chi connectivity index (χ1n) is 7.66. The van der Waals surface area contributed by atoms with Crippen LogP contribution in [0.2, 0.25) is 0 Å². The fourth-order valence-corrected chi connectivity index (χ4v) is 4.10. The van der Waals surface area contributed by atoms with E-state index in [1.807, 2.05) is 0 Å². The van der Waals surface area contributed by atoms with Crippen LogP contribution in [0.4, 0.5) is 0 Å². The predicted octanol–water partition coefficient (Wildman–Crippen LogP) is 2.13. The van der Waals surface area contributed by atoms with E-state index in [9.17, 15) is 5.11 Å². The Kier molecular flexibility index (Phi) is 4.35. The standard InChI is InChI=1S/C15H30N2O/c1-13-10-15(18,12-17(13)2)14(11-16)8-6-4-3-5-7-9-14/h13,18H,3-12,16H2,1-2H3. The van der Waals surface area contributed by atoms with Crippen LogP contribution < -0.4 is 5.73 Å². The van der Waals surface area contributed by atoms with Crippen LogP contribution in [-0.2, 0) is 0 Å². The molecule has 2 aliphatic rings. The van der Waals surface area contributed by atoms with Crippen molar-refractivity contribution in [1.82, 2.24) is 4.90 Å². The van der Waals surface area contributed by atoms with Gasteiger partial charge in [-0.1, -0.05) is 32.1 Å². The maximum Gasteiger partial charge on any atom is 0.0856 e. The van der Waals surface area contributed by atoms with E-state index < -0.39 is 5.60 Å². The molecule has 1 saturated heterocycles. The van der Waals surface area contributed by atoms with Crippen LogP contribution in [0, 0.1) is 5.41 Å². The van der Waals surface area contributed by atoms with E-state index in [-0.39, 0.29) is 5.41 Å². The minimum atomic E-state index is -0.562. The molecule has 3 N–H and O–H groups in total. The molecule has 18 heavy (non-hydrogen) atoms. The van der Waals surface area contributed by atoms with Crippen molar-refractivity contribution in [1.29, 1.82) is 0 Å². The summed E-state index contributed by atoms with van der Waals surface area (Å²) in [4.78, 5) is 2.29. The lowest BCUT2D eigenvalue weighted by Crippen LogP contribution is -2.54. The van der Waals surface area contributed by atoms with Crippen molar-refractivity contribution in [3.8, 4) is 0 Å². The van der Waals surface area contributed by atoms with Crippen molar-refractivity contribution >= 4 is 0 Å². The Bertz CT molecular complexity index is 262. The van der Waals surface area contributed by atoms with Crippen molar-refractivity contribution in [3.63, 3.8) is 0 Å². The molecule has 3 heteroatoms. The van der Waals surface area contributed by atoms with Crippen molar-refractivity contribution < 1.29 is 5.11 Å². The topological polar surface area (TPSA) is 49.5 Å². The molecule has 0 radical (unpaired) electrons. The average Bonchev–Trinajstić information content (AvgIpc) is 2.54. The van der Waals surface area contributed by atoms with E-state index in [1.165, 1.54) is 32.1 Å². The van der Waals surface area contributed by atoms with E-state index in [2.05, 4.69) is 18.9 Å². The molecule has 2 fully saturated rings. The Morgan fingerprint density at radius 2 is 1.72 bits per heavy atom. The normalized spacial score (nSPS) is 38.3. The third-order valence-electron chi connectivity index (χ3n) is 5.59. The third kappa shape index (κ3) is 2.45. The first-order chi connectivity index (χ1) is 8.53. The first-order valence-corrected chi connectivity index (χ1v) is 7.66. The average molecular weight is 254 g/mol. The molecule has 0 bridgehead atoms. The Hall–Kier alpha value is -0.120. The molecule has 0 spiro atoms. The smallest absolute Gasteiger partial charge is 0.0856 e. The van der Waals surface area contributed by atoms with Crippen molar-refractivity contribution in [3.05, 3.63) is 0 Å². The van der Waals surface area contributed by atoms with Gasteiger partial charge in [-0.25, -0.2) is 0 Å². The zero-order valence-electron chi connectivity index (χ0n) is 12.1. The number of aliphatic hydroxyl groups is 1. The van der Waals surface area contributed by atoms with E-state index >= 15 is 0 Å². The van der Waals surface area contributed by atoms with Gasteiger partial charge in [0.2, 0.25) is 0 Å². The molecule has 106 valence electrons. The molecule has 0 aromatic heterocycles. The molecule has 1 saturated carbocycles. The third-order valence-corrected chi connectivity index (χ3v) is 5.59. The van der Waals surface area contributed by atoms with Crippen molar-refractivity contribution in [2.75, 3.05) is 20.1 Å². The Balaban J connectivity index is 2.19. The van der Waals surface area contributed by atoms with Gasteiger partial charge in [-0.2, -0.15) is 0 Å². The minimum absolute atomic E-state index is 0.0353. The van der Waals surface area contributed by atoms with Gasteiger partial charge in [-0.15, -0.1) is 0 Å². The number of hydrogen-bond acceptors (Lipinski definition) is 3. The van der Waals surface area contributed by atoms with E-state index in [4.69, 9.17) is 5.73 Å². The van der Waals surface area contributed by atoms with Gasteiger partial charge in [-0.05, 0) is 33.2 Å². The van der Waals surface area contributed by atoms with Gasteiger partial charge in [0.15, 0.2) is 0 Å². The number of rotatable bonds is 2. The largest absolute Gasteiger partial charge is 0.388 e. The van der Waals surface area contributed by atoms with Crippen LogP contribution in [-0.4, -0.2) is 41.8 Å². The van der Waals surface area contributed by atoms with Gasteiger partial charge >= 0.3 is 0 Å². The van der Waals surface area contributed by atoms with Crippen LogP contribution >= 0.6 is 0 Å². The lowest BCUT2D eigenvalue weighted by Gasteiger charge is -2.46. The fourth-order valence-electron chi connectivity index (χ4n) is 4.10. The van der Waals surface area contributed by atoms with Crippen molar-refractivity contribution in [2.45, 2.75) is 69.9 Å². The Labute approximate surface area is 112 Å². The summed E-state index contributed by atoms with van der Waals surface area (Å²) < 4.78 is 0. The van der Waals surface area contributed by atoms with Gasteiger partial charge < -0.3 is 15.7 Å². The first kappa shape index (κ1) is 14.3. The van der Waals surface area contributed by atoms with E-state index in [0.29, 0.717) is 12.6 Å². The maximum atomic E-state index is 11.2. The van der Waals surface area contributed by atoms with E-state index in [0.717, 1.165) is 25.8 Å². The molecular weight excluding hydrogens is 224 g/mol. The lowest BCUT2D eigenvalue weighted by molar-refractivity contribution is -0.0843. The second-order valence-corrected chi connectivity index (χ2v) is 6.75. The molecule has 2 unspecified atom stereocenters. The van der Waals surface area contributed by atoms with Gasteiger partial charge in [0, 0.05) is 24.5 Å².